The fraction of sp³-hybridized carbons (Fsp3) is 0.562. The van der Waals surface area contributed by atoms with Gasteiger partial charge >= 0.3 is 6.18 Å². The number of hydrogen-bond acceptors (Lipinski definition) is 4. The van der Waals surface area contributed by atoms with Gasteiger partial charge in [-0.2, -0.15) is 17.6 Å². The number of hydroxylamine groups is 2. The lowest BCUT2D eigenvalue weighted by atomic mass is 9.77. The number of rotatable bonds is 3. The Morgan fingerprint density at radius 3 is 2.38 bits per heavy atom. The first-order valence-corrected chi connectivity index (χ1v) is 7.59. The van der Waals surface area contributed by atoms with Crippen LogP contribution in [0.3, 0.4) is 0 Å². The second kappa shape index (κ2) is 6.66. The molecule has 4 atom stereocenters. The van der Waals surface area contributed by atoms with Crippen LogP contribution in [0.5, 0.6) is 5.75 Å². The molecular weight excluding hydrogens is 365 g/mol. The SMILES string of the molecule is COc1c([C@H]2[C@H](C(=O)N(C)O)O[C@@](C)(C(F)(F)F)[C@H]2C)ccc(F)c1F. The molecule has 10 heteroatoms. The van der Waals surface area contributed by atoms with Crippen molar-refractivity contribution in [3.63, 3.8) is 0 Å². The second-order valence-electron chi connectivity index (χ2n) is 6.30. The third kappa shape index (κ3) is 3.01. The van der Waals surface area contributed by atoms with Gasteiger partial charge in [-0.15, -0.1) is 0 Å². The van der Waals surface area contributed by atoms with Gasteiger partial charge in [0.1, 0.15) is 6.10 Å². The minimum Gasteiger partial charge on any atom is -0.493 e. The predicted octanol–water partition coefficient (Wildman–Crippen LogP) is 3.26. The fourth-order valence-electron chi connectivity index (χ4n) is 3.21. The van der Waals surface area contributed by atoms with E-state index in [0.717, 1.165) is 33.2 Å². The lowest BCUT2D eigenvalue weighted by Gasteiger charge is -2.32. The maximum atomic E-state index is 14.0. The van der Waals surface area contributed by atoms with Gasteiger partial charge in [-0.1, -0.05) is 13.0 Å². The van der Waals surface area contributed by atoms with Crippen molar-refractivity contribution in [2.24, 2.45) is 5.92 Å². The van der Waals surface area contributed by atoms with Crippen molar-refractivity contribution in [2.75, 3.05) is 14.2 Å². The fourth-order valence-corrected chi connectivity index (χ4v) is 3.21. The quantitative estimate of drug-likeness (QED) is 0.495. The molecule has 1 heterocycles. The van der Waals surface area contributed by atoms with E-state index in [0.29, 0.717) is 0 Å². The Morgan fingerprint density at radius 1 is 1.35 bits per heavy atom. The Balaban J connectivity index is 2.67. The number of alkyl halides is 3. The summed E-state index contributed by atoms with van der Waals surface area (Å²) in [6, 6.07) is 1.77. The molecule has 0 saturated carbocycles. The van der Waals surface area contributed by atoms with E-state index in [2.05, 4.69) is 0 Å². The highest BCUT2D eigenvalue weighted by atomic mass is 19.4. The van der Waals surface area contributed by atoms with Gasteiger partial charge in [0.2, 0.25) is 5.82 Å². The standard InChI is InChI=1S/C16H18F5NO4/c1-7-10(8-5-6-9(17)11(18)12(8)25-4)13(14(23)22(3)24)26-15(7,2)16(19,20)21/h5-7,10,13,24H,1-4H3/t7-,10-,13+,15+/m0/s1. The molecule has 2 rings (SSSR count). The molecule has 1 saturated heterocycles. The van der Waals surface area contributed by atoms with Crippen LogP contribution >= 0.6 is 0 Å². The molecule has 0 unspecified atom stereocenters. The van der Waals surface area contributed by atoms with Gasteiger partial charge in [0.25, 0.3) is 5.91 Å². The maximum Gasteiger partial charge on any atom is 0.417 e. The number of methoxy groups -OCH3 is 1. The van der Waals surface area contributed by atoms with Gasteiger partial charge in [-0.05, 0) is 13.0 Å². The Bertz CT molecular complexity index is 709. The van der Waals surface area contributed by atoms with Crippen LogP contribution in [0.2, 0.25) is 0 Å². The van der Waals surface area contributed by atoms with Gasteiger partial charge in [0.05, 0.1) is 7.11 Å². The summed E-state index contributed by atoms with van der Waals surface area (Å²) in [4.78, 5) is 12.2. The number of hydrogen-bond donors (Lipinski definition) is 1. The number of benzene rings is 1. The predicted molar refractivity (Wildman–Crippen MR) is 78.7 cm³/mol. The van der Waals surface area contributed by atoms with Crippen LogP contribution in [-0.2, 0) is 9.53 Å². The summed E-state index contributed by atoms with van der Waals surface area (Å²) in [5, 5.41) is 9.48. The number of carbonyl (C=O) groups is 1. The average Bonchev–Trinajstić information content (AvgIpc) is 2.82. The van der Waals surface area contributed by atoms with Crippen LogP contribution in [0.25, 0.3) is 0 Å². The second-order valence-corrected chi connectivity index (χ2v) is 6.30. The molecule has 0 aromatic heterocycles. The van der Waals surface area contributed by atoms with Gasteiger partial charge in [0.15, 0.2) is 17.2 Å². The minimum absolute atomic E-state index is 0.0961. The molecule has 5 nitrogen and oxygen atoms in total. The first-order chi connectivity index (χ1) is 11.9. The van der Waals surface area contributed by atoms with E-state index in [1.165, 1.54) is 6.92 Å². The highest BCUT2D eigenvalue weighted by molar-refractivity contribution is 5.81. The van der Waals surface area contributed by atoms with Gasteiger partial charge in [0, 0.05) is 24.4 Å². The molecule has 0 spiro atoms. The Morgan fingerprint density at radius 2 is 1.92 bits per heavy atom. The largest absolute Gasteiger partial charge is 0.493 e. The summed E-state index contributed by atoms with van der Waals surface area (Å²) in [5.74, 6) is -7.11. The van der Waals surface area contributed by atoms with Crippen molar-refractivity contribution in [2.45, 2.75) is 37.6 Å². The number of amides is 1. The summed E-state index contributed by atoms with van der Waals surface area (Å²) in [6.07, 6.45) is -6.62. The summed E-state index contributed by atoms with van der Waals surface area (Å²) in [6.45, 7) is 1.95. The highest BCUT2D eigenvalue weighted by Gasteiger charge is 2.66. The third-order valence-electron chi connectivity index (χ3n) is 4.87. The molecule has 1 aromatic rings. The average molecular weight is 383 g/mol. The Kier molecular flexibility index (Phi) is 5.22. The van der Waals surface area contributed by atoms with Crippen molar-refractivity contribution < 1.29 is 41.4 Å². The first-order valence-electron chi connectivity index (χ1n) is 7.59. The summed E-state index contributed by atoms with van der Waals surface area (Å²) < 4.78 is 78.1. The lowest BCUT2D eigenvalue weighted by Crippen LogP contribution is -2.47. The van der Waals surface area contributed by atoms with Crippen molar-refractivity contribution in [3.05, 3.63) is 29.3 Å². The van der Waals surface area contributed by atoms with E-state index in [1.54, 1.807) is 0 Å². The van der Waals surface area contributed by atoms with E-state index in [1.807, 2.05) is 0 Å². The molecule has 26 heavy (non-hydrogen) atoms. The van der Waals surface area contributed by atoms with Crippen molar-refractivity contribution in [3.8, 4) is 5.75 Å². The van der Waals surface area contributed by atoms with E-state index >= 15 is 0 Å². The molecule has 1 N–H and O–H groups in total. The molecule has 0 bridgehead atoms. The van der Waals surface area contributed by atoms with Crippen LogP contribution in [0.4, 0.5) is 22.0 Å². The van der Waals surface area contributed by atoms with E-state index < -0.39 is 53.0 Å². The first kappa shape index (κ1) is 20.4. The molecule has 1 fully saturated rings. The van der Waals surface area contributed by atoms with Crippen LogP contribution in [0.15, 0.2) is 12.1 Å². The van der Waals surface area contributed by atoms with Gasteiger partial charge < -0.3 is 9.47 Å². The van der Waals surface area contributed by atoms with Crippen LogP contribution in [0.1, 0.15) is 25.3 Å². The zero-order chi connectivity index (χ0) is 20.0. The van der Waals surface area contributed by atoms with Crippen LogP contribution in [0, 0.1) is 17.6 Å². The van der Waals surface area contributed by atoms with Crippen molar-refractivity contribution in [1.29, 1.82) is 0 Å². The smallest absolute Gasteiger partial charge is 0.417 e. The molecule has 0 aliphatic carbocycles. The third-order valence-corrected chi connectivity index (χ3v) is 4.87. The summed E-state index contributed by atoms with van der Waals surface area (Å²) in [5.41, 5.74) is -2.91. The van der Waals surface area contributed by atoms with Crippen LogP contribution in [-0.4, -0.2) is 48.2 Å². The topological polar surface area (TPSA) is 59.0 Å². The summed E-state index contributed by atoms with van der Waals surface area (Å²) in [7, 11) is 1.96. The van der Waals surface area contributed by atoms with Gasteiger partial charge in [-0.3, -0.25) is 10.0 Å². The van der Waals surface area contributed by atoms with Crippen LogP contribution < -0.4 is 4.74 Å². The zero-order valence-corrected chi connectivity index (χ0v) is 14.4. The molecule has 1 aliphatic heterocycles. The number of nitrogens with zero attached hydrogens (tertiary/aromatic N) is 1. The molecular formula is C16H18F5NO4. The number of carbonyl (C=O) groups excluding carboxylic acids is 1. The number of halogens is 5. The van der Waals surface area contributed by atoms with E-state index in [4.69, 9.17) is 9.47 Å². The van der Waals surface area contributed by atoms with Gasteiger partial charge in [-0.25, -0.2) is 9.45 Å². The molecule has 1 aliphatic rings. The Hall–Kier alpha value is -1.94. The number of likely N-dealkylation sites (N-methyl/N-ethyl adjacent to an activating group) is 1. The van der Waals surface area contributed by atoms with Crippen molar-refractivity contribution >= 4 is 5.91 Å². The molecule has 1 amide bonds. The van der Waals surface area contributed by atoms with E-state index in [9.17, 15) is 32.0 Å². The zero-order valence-electron chi connectivity index (χ0n) is 14.4. The molecule has 1 aromatic carbocycles. The lowest BCUT2D eigenvalue weighted by molar-refractivity contribution is -0.274. The van der Waals surface area contributed by atoms with E-state index in [-0.39, 0.29) is 10.6 Å². The number of ether oxygens (including phenoxy) is 2. The normalized spacial score (nSPS) is 28.9. The highest BCUT2D eigenvalue weighted by Crippen LogP contribution is 2.55. The molecule has 0 radical (unpaired) electrons. The Labute approximate surface area is 146 Å². The maximum absolute atomic E-state index is 14.0. The summed E-state index contributed by atoms with van der Waals surface area (Å²) >= 11 is 0. The minimum atomic E-state index is -4.85. The molecule has 146 valence electrons. The van der Waals surface area contributed by atoms with Crippen molar-refractivity contribution in [1.82, 2.24) is 5.06 Å². The monoisotopic (exact) mass is 383 g/mol.